The Hall–Kier alpha value is -1.68. The molecule has 0 aliphatic rings. The Labute approximate surface area is 106 Å². The van der Waals surface area contributed by atoms with E-state index in [4.69, 9.17) is 0 Å². The second-order valence-corrected chi connectivity index (χ2v) is 4.41. The van der Waals surface area contributed by atoms with Crippen molar-refractivity contribution in [2.75, 3.05) is 0 Å². The van der Waals surface area contributed by atoms with Crippen LogP contribution in [-0.2, 0) is 6.54 Å². The van der Waals surface area contributed by atoms with Gasteiger partial charge in [0.15, 0.2) is 0 Å². The van der Waals surface area contributed by atoms with E-state index in [-0.39, 0.29) is 11.9 Å². The average Bonchev–Trinajstić information content (AvgIpc) is 2.88. The molecule has 1 unspecified atom stereocenters. The molecule has 0 fully saturated rings. The van der Waals surface area contributed by atoms with Crippen LogP contribution in [0.5, 0.6) is 0 Å². The highest BCUT2D eigenvalue weighted by Crippen LogP contribution is 2.15. The lowest BCUT2D eigenvalue weighted by molar-refractivity contribution is 0.486. The van der Waals surface area contributed by atoms with Crippen molar-refractivity contribution in [3.05, 3.63) is 53.4 Å². The van der Waals surface area contributed by atoms with Crippen LogP contribution in [-0.4, -0.2) is 9.97 Å². The van der Waals surface area contributed by atoms with Gasteiger partial charge >= 0.3 is 0 Å². The van der Waals surface area contributed by atoms with E-state index >= 15 is 0 Å². The summed E-state index contributed by atoms with van der Waals surface area (Å²) in [6.07, 6.45) is 4.43. The maximum absolute atomic E-state index is 13.6. The van der Waals surface area contributed by atoms with Gasteiger partial charge in [0.05, 0.1) is 6.04 Å². The van der Waals surface area contributed by atoms with E-state index in [1.807, 2.05) is 13.0 Å². The summed E-state index contributed by atoms with van der Waals surface area (Å²) in [5, 5.41) is 3.32. The van der Waals surface area contributed by atoms with E-state index < -0.39 is 0 Å². The molecule has 0 radical (unpaired) electrons. The molecule has 4 heteroatoms. The molecule has 1 atom stereocenters. The Balaban J connectivity index is 2.04. The lowest BCUT2D eigenvalue weighted by Gasteiger charge is -2.15. The zero-order chi connectivity index (χ0) is 13.0. The first-order valence-electron chi connectivity index (χ1n) is 6.18. The monoisotopic (exact) mass is 247 g/mol. The third-order valence-corrected chi connectivity index (χ3v) is 3.00. The summed E-state index contributed by atoms with van der Waals surface area (Å²) in [5.74, 6) is 0.730. The van der Waals surface area contributed by atoms with Crippen molar-refractivity contribution >= 4 is 0 Å². The van der Waals surface area contributed by atoms with Gasteiger partial charge in [-0.2, -0.15) is 0 Å². The summed E-state index contributed by atoms with van der Waals surface area (Å²) >= 11 is 0. The van der Waals surface area contributed by atoms with Crippen molar-refractivity contribution < 1.29 is 4.39 Å². The fourth-order valence-corrected chi connectivity index (χ4v) is 1.97. The summed E-state index contributed by atoms with van der Waals surface area (Å²) in [6.45, 7) is 4.55. The number of aryl methyl sites for hydroxylation is 1. The lowest BCUT2D eigenvalue weighted by atomic mass is 10.1. The van der Waals surface area contributed by atoms with E-state index in [0.717, 1.165) is 17.8 Å². The molecule has 0 spiro atoms. The van der Waals surface area contributed by atoms with Gasteiger partial charge in [0.1, 0.15) is 11.6 Å². The highest BCUT2D eigenvalue weighted by Gasteiger charge is 2.11. The molecule has 96 valence electrons. The molecule has 0 saturated heterocycles. The third kappa shape index (κ3) is 2.96. The molecule has 0 amide bonds. The molecule has 0 aliphatic heterocycles. The van der Waals surface area contributed by atoms with Crippen LogP contribution < -0.4 is 5.32 Å². The lowest BCUT2D eigenvalue weighted by Crippen LogP contribution is -2.22. The van der Waals surface area contributed by atoms with Crippen LogP contribution in [0.4, 0.5) is 4.39 Å². The number of benzene rings is 1. The van der Waals surface area contributed by atoms with Gasteiger partial charge in [0.25, 0.3) is 0 Å². The van der Waals surface area contributed by atoms with E-state index in [1.165, 1.54) is 6.07 Å². The SMILES string of the molecule is CCC(NCc1cc(C)ccc1F)c1ncc[nH]1. The highest BCUT2D eigenvalue weighted by atomic mass is 19.1. The predicted molar refractivity (Wildman–Crippen MR) is 69.6 cm³/mol. The molecule has 0 saturated carbocycles. The summed E-state index contributed by atoms with van der Waals surface area (Å²) in [5.41, 5.74) is 1.76. The van der Waals surface area contributed by atoms with E-state index in [0.29, 0.717) is 12.1 Å². The fraction of sp³-hybridized carbons (Fsp3) is 0.357. The van der Waals surface area contributed by atoms with E-state index in [2.05, 4.69) is 22.2 Å². The number of nitrogens with one attached hydrogen (secondary N) is 2. The average molecular weight is 247 g/mol. The third-order valence-electron chi connectivity index (χ3n) is 3.00. The minimum Gasteiger partial charge on any atom is -0.347 e. The normalized spacial score (nSPS) is 12.6. The van der Waals surface area contributed by atoms with Crippen molar-refractivity contribution in [1.82, 2.24) is 15.3 Å². The van der Waals surface area contributed by atoms with Crippen LogP contribution in [0.3, 0.4) is 0 Å². The zero-order valence-electron chi connectivity index (χ0n) is 10.7. The Morgan fingerprint density at radius 1 is 1.44 bits per heavy atom. The summed E-state index contributed by atoms with van der Waals surface area (Å²) in [6, 6.07) is 5.29. The largest absolute Gasteiger partial charge is 0.347 e. The second kappa shape index (κ2) is 5.78. The maximum atomic E-state index is 13.6. The van der Waals surface area contributed by atoms with Crippen LogP contribution in [0.2, 0.25) is 0 Å². The van der Waals surface area contributed by atoms with Crippen LogP contribution in [0.1, 0.15) is 36.3 Å². The molecule has 2 rings (SSSR count). The number of rotatable bonds is 5. The first kappa shape index (κ1) is 12.8. The predicted octanol–water partition coefficient (Wildman–Crippen LogP) is 3.10. The molecule has 0 bridgehead atoms. The van der Waals surface area contributed by atoms with Crippen LogP contribution in [0.15, 0.2) is 30.6 Å². The molecule has 18 heavy (non-hydrogen) atoms. The molecule has 0 aliphatic carbocycles. The summed E-state index contributed by atoms with van der Waals surface area (Å²) in [4.78, 5) is 7.31. The molecule has 2 aromatic rings. The summed E-state index contributed by atoms with van der Waals surface area (Å²) < 4.78 is 13.6. The minimum atomic E-state index is -0.164. The van der Waals surface area contributed by atoms with E-state index in [9.17, 15) is 4.39 Å². The standard InChI is InChI=1S/C14H18FN3/c1-3-13(14-16-6-7-17-14)18-9-11-8-10(2)4-5-12(11)15/h4-8,13,18H,3,9H2,1-2H3,(H,16,17). The van der Waals surface area contributed by atoms with Crippen LogP contribution in [0.25, 0.3) is 0 Å². The van der Waals surface area contributed by atoms with Gasteiger partial charge in [-0.15, -0.1) is 0 Å². The van der Waals surface area contributed by atoms with Crippen LogP contribution in [0, 0.1) is 12.7 Å². The quantitative estimate of drug-likeness (QED) is 0.852. The Morgan fingerprint density at radius 3 is 2.94 bits per heavy atom. The number of aromatic amines is 1. The number of imidazole rings is 1. The molecular formula is C14H18FN3. The minimum absolute atomic E-state index is 0.125. The van der Waals surface area contributed by atoms with Crippen molar-refractivity contribution in [2.24, 2.45) is 0 Å². The van der Waals surface area contributed by atoms with Gasteiger partial charge in [-0.3, -0.25) is 0 Å². The van der Waals surface area contributed by atoms with Gasteiger partial charge < -0.3 is 10.3 Å². The molecule has 2 N–H and O–H groups in total. The summed E-state index contributed by atoms with van der Waals surface area (Å²) in [7, 11) is 0. The number of hydrogen-bond donors (Lipinski definition) is 2. The first-order chi connectivity index (χ1) is 8.70. The second-order valence-electron chi connectivity index (χ2n) is 4.41. The molecule has 1 aromatic heterocycles. The first-order valence-corrected chi connectivity index (χ1v) is 6.18. The Kier molecular flexibility index (Phi) is 4.10. The zero-order valence-corrected chi connectivity index (χ0v) is 10.7. The Morgan fingerprint density at radius 2 is 2.28 bits per heavy atom. The van der Waals surface area contributed by atoms with Gasteiger partial charge in [-0.05, 0) is 19.4 Å². The topological polar surface area (TPSA) is 40.7 Å². The highest BCUT2D eigenvalue weighted by molar-refractivity contribution is 5.24. The number of hydrogen-bond acceptors (Lipinski definition) is 2. The van der Waals surface area contributed by atoms with Crippen molar-refractivity contribution in [3.8, 4) is 0 Å². The molecule has 3 nitrogen and oxygen atoms in total. The van der Waals surface area contributed by atoms with Gasteiger partial charge in [0, 0.05) is 24.5 Å². The smallest absolute Gasteiger partial charge is 0.127 e. The van der Waals surface area contributed by atoms with Gasteiger partial charge in [0.2, 0.25) is 0 Å². The number of H-pyrrole nitrogens is 1. The van der Waals surface area contributed by atoms with Crippen molar-refractivity contribution in [2.45, 2.75) is 32.9 Å². The van der Waals surface area contributed by atoms with Gasteiger partial charge in [-0.1, -0.05) is 24.6 Å². The van der Waals surface area contributed by atoms with Crippen molar-refractivity contribution in [3.63, 3.8) is 0 Å². The molecule has 1 aromatic carbocycles. The number of halogens is 1. The Bertz CT molecular complexity index is 494. The van der Waals surface area contributed by atoms with Gasteiger partial charge in [-0.25, -0.2) is 9.37 Å². The van der Waals surface area contributed by atoms with E-state index in [1.54, 1.807) is 18.5 Å². The number of nitrogens with zero attached hydrogens (tertiary/aromatic N) is 1. The maximum Gasteiger partial charge on any atom is 0.127 e. The molecule has 1 heterocycles. The fourth-order valence-electron chi connectivity index (χ4n) is 1.97. The molecular weight excluding hydrogens is 229 g/mol. The van der Waals surface area contributed by atoms with Crippen LogP contribution >= 0.6 is 0 Å². The van der Waals surface area contributed by atoms with Crippen molar-refractivity contribution in [1.29, 1.82) is 0 Å². The number of aromatic nitrogens is 2.